The molecule has 0 bridgehead atoms. The van der Waals surface area contributed by atoms with Crippen LogP contribution >= 0.6 is 0 Å². The van der Waals surface area contributed by atoms with Gasteiger partial charge in [0.25, 0.3) is 5.91 Å². The monoisotopic (exact) mass is 412 g/mol. The highest BCUT2D eigenvalue weighted by atomic mass is 16.4. The van der Waals surface area contributed by atoms with Crippen LogP contribution in [0.4, 0.5) is 10.5 Å². The third-order valence-corrected chi connectivity index (χ3v) is 5.42. The van der Waals surface area contributed by atoms with Crippen molar-refractivity contribution in [1.82, 2.24) is 16.0 Å². The van der Waals surface area contributed by atoms with Gasteiger partial charge in [-0.3, -0.25) is 9.59 Å². The van der Waals surface area contributed by atoms with Gasteiger partial charge in [0, 0.05) is 25.3 Å². The fourth-order valence-corrected chi connectivity index (χ4v) is 3.76. The lowest BCUT2D eigenvalue weighted by atomic mass is 9.83. The summed E-state index contributed by atoms with van der Waals surface area (Å²) < 4.78 is 5.73. The van der Waals surface area contributed by atoms with Gasteiger partial charge in [-0.1, -0.05) is 19.3 Å². The van der Waals surface area contributed by atoms with Gasteiger partial charge >= 0.3 is 6.03 Å². The Kier molecular flexibility index (Phi) is 7.11. The molecule has 4 amide bonds. The molecule has 1 aromatic carbocycles. The Bertz CT molecular complexity index is 885. The predicted octanol–water partition coefficient (Wildman–Crippen LogP) is 3.12. The van der Waals surface area contributed by atoms with Crippen LogP contribution in [0, 0.1) is 5.92 Å². The van der Waals surface area contributed by atoms with Gasteiger partial charge < -0.3 is 25.7 Å². The van der Waals surface area contributed by atoms with Crippen LogP contribution in [0.3, 0.4) is 0 Å². The highest BCUT2D eigenvalue weighted by Crippen LogP contribution is 2.28. The van der Waals surface area contributed by atoms with Crippen LogP contribution in [-0.2, 0) is 4.79 Å². The van der Waals surface area contributed by atoms with Crippen molar-refractivity contribution >= 4 is 23.5 Å². The molecule has 0 radical (unpaired) electrons. The Labute approximate surface area is 175 Å². The average molecular weight is 412 g/mol. The summed E-state index contributed by atoms with van der Waals surface area (Å²) in [5.41, 5.74) is 1.41. The van der Waals surface area contributed by atoms with Crippen LogP contribution in [0.1, 0.15) is 42.7 Å². The van der Waals surface area contributed by atoms with Gasteiger partial charge in [0.1, 0.15) is 11.8 Å². The van der Waals surface area contributed by atoms with Crippen LogP contribution in [0.5, 0.6) is 0 Å². The lowest BCUT2D eigenvalue weighted by Gasteiger charge is -2.29. The highest BCUT2D eigenvalue weighted by Gasteiger charge is 2.31. The van der Waals surface area contributed by atoms with E-state index in [0.29, 0.717) is 11.4 Å². The summed E-state index contributed by atoms with van der Waals surface area (Å²) in [6.45, 7) is 0. The first kappa shape index (κ1) is 21.4. The lowest BCUT2D eigenvalue weighted by molar-refractivity contribution is -0.124. The Morgan fingerprint density at radius 3 is 2.27 bits per heavy atom. The van der Waals surface area contributed by atoms with Crippen LogP contribution < -0.4 is 21.3 Å². The summed E-state index contributed by atoms with van der Waals surface area (Å²) in [5, 5.41) is 10.7. The number of carbonyl (C=O) groups is 3. The molecule has 2 aromatic rings. The minimum Gasteiger partial charge on any atom is -0.451 e. The minimum atomic E-state index is -0.564. The molecule has 0 spiro atoms. The van der Waals surface area contributed by atoms with Crippen molar-refractivity contribution in [2.75, 3.05) is 19.4 Å². The summed E-state index contributed by atoms with van der Waals surface area (Å²) in [7, 11) is 3.13. The van der Waals surface area contributed by atoms with E-state index in [2.05, 4.69) is 21.3 Å². The Balaban J connectivity index is 1.69. The molecule has 1 aliphatic carbocycles. The van der Waals surface area contributed by atoms with E-state index in [9.17, 15) is 14.4 Å². The normalized spacial score (nSPS) is 15.1. The van der Waals surface area contributed by atoms with Gasteiger partial charge in [0.2, 0.25) is 5.91 Å². The molecule has 1 aliphatic rings. The molecule has 1 heterocycles. The standard InChI is InChI=1S/C22H28N4O4/c1-23-21(28)19(15-6-4-3-5-7-15)26-20(27)18-13-12-17(30-18)14-8-10-16(11-9-14)25-22(29)24-2/h8-13,15,19H,3-7H2,1-2H3,(H,23,28)(H,26,27)(H2,24,25,29). The van der Waals surface area contributed by atoms with Gasteiger partial charge in [-0.2, -0.15) is 0 Å². The summed E-state index contributed by atoms with van der Waals surface area (Å²) in [5.74, 6) is 0.236. The second-order valence-corrected chi connectivity index (χ2v) is 7.41. The maximum Gasteiger partial charge on any atom is 0.318 e. The second kappa shape index (κ2) is 9.96. The Morgan fingerprint density at radius 2 is 1.63 bits per heavy atom. The quantitative estimate of drug-likeness (QED) is 0.584. The van der Waals surface area contributed by atoms with E-state index >= 15 is 0 Å². The molecule has 1 unspecified atom stereocenters. The summed E-state index contributed by atoms with van der Waals surface area (Å²) in [6, 6.07) is 9.53. The molecule has 1 fully saturated rings. The fourth-order valence-electron chi connectivity index (χ4n) is 3.76. The molecule has 160 valence electrons. The molecule has 1 aromatic heterocycles. The van der Waals surface area contributed by atoms with E-state index in [-0.39, 0.29) is 23.6 Å². The third kappa shape index (κ3) is 5.20. The lowest BCUT2D eigenvalue weighted by Crippen LogP contribution is -2.50. The zero-order chi connectivity index (χ0) is 21.5. The first-order valence-electron chi connectivity index (χ1n) is 10.2. The van der Waals surface area contributed by atoms with Crippen LogP contribution in [-0.4, -0.2) is 38.0 Å². The smallest absolute Gasteiger partial charge is 0.318 e. The van der Waals surface area contributed by atoms with Crippen molar-refractivity contribution in [3.63, 3.8) is 0 Å². The molecule has 4 N–H and O–H groups in total. The fraction of sp³-hybridized carbons (Fsp3) is 0.409. The van der Waals surface area contributed by atoms with Gasteiger partial charge in [-0.25, -0.2) is 4.79 Å². The van der Waals surface area contributed by atoms with Gasteiger partial charge in [-0.05, 0) is 55.2 Å². The maximum absolute atomic E-state index is 12.7. The number of hydrogen-bond donors (Lipinski definition) is 4. The number of benzene rings is 1. The summed E-state index contributed by atoms with van der Waals surface area (Å²) >= 11 is 0. The number of amides is 4. The topological polar surface area (TPSA) is 112 Å². The van der Waals surface area contributed by atoms with E-state index in [4.69, 9.17) is 4.42 Å². The SMILES string of the molecule is CNC(=O)Nc1ccc(-c2ccc(C(=O)NC(C(=O)NC)C3CCCCC3)o2)cc1. The maximum atomic E-state index is 12.7. The molecule has 8 heteroatoms. The largest absolute Gasteiger partial charge is 0.451 e. The van der Waals surface area contributed by atoms with Crippen molar-refractivity contribution in [3.8, 4) is 11.3 Å². The number of hydrogen-bond acceptors (Lipinski definition) is 4. The number of carbonyl (C=O) groups excluding carboxylic acids is 3. The van der Waals surface area contributed by atoms with E-state index in [0.717, 1.165) is 31.2 Å². The van der Waals surface area contributed by atoms with Crippen LogP contribution in [0.15, 0.2) is 40.8 Å². The van der Waals surface area contributed by atoms with Crippen molar-refractivity contribution in [2.45, 2.75) is 38.1 Å². The molecule has 0 aliphatic heterocycles. The van der Waals surface area contributed by atoms with Crippen LogP contribution in [0.2, 0.25) is 0 Å². The zero-order valence-electron chi connectivity index (χ0n) is 17.3. The molecule has 8 nitrogen and oxygen atoms in total. The number of furan rings is 1. The third-order valence-electron chi connectivity index (χ3n) is 5.42. The summed E-state index contributed by atoms with van der Waals surface area (Å²) in [4.78, 5) is 36.4. The van der Waals surface area contributed by atoms with Crippen molar-refractivity contribution in [2.24, 2.45) is 5.92 Å². The van der Waals surface area contributed by atoms with Gasteiger partial charge in [0.05, 0.1) is 0 Å². The Hall–Kier alpha value is -3.29. The van der Waals surface area contributed by atoms with Gasteiger partial charge in [-0.15, -0.1) is 0 Å². The van der Waals surface area contributed by atoms with Crippen molar-refractivity contribution in [3.05, 3.63) is 42.2 Å². The number of nitrogens with one attached hydrogen (secondary N) is 4. The predicted molar refractivity (Wildman–Crippen MR) is 114 cm³/mol. The van der Waals surface area contributed by atoms with Crippen molar-refractivity contribution in [1.29, 1.82) is 0 Å². The van der Waals surface area contributed by atoms with Crippen LogP contribution in [0.25, 0.3) is 11.3 Å². The Morgan fingerprint density at radius 1 is 0.933 bits per heavy atom. The van der Waals surface area contributed by atoms with E-state index in [1.165, 1.54) is 6.42 Å². The average Bonchev–Trinajstić information content (AvgIpc) is 3.28. The molecule has 0 saturated heterocycles. The number of rotatable bonds is 6. The van der Waals surface area contributed by atoms with E-state index < -0.39 is 11.9 Å². The first-order valence-corrected chi connectivity index (χ1v) is 10.2. The van der Waals surface area contributed by atoms with Gasteiger partial charge in [0.15, 0.2) is 5.76 Å². The molecule has 30 heavy (non-hydrogen) atoms. The van der Waals surface area contributed by atoms with E-state index in [1.807, 2.05) is 0 Å². The summed E-state index contributed by atoms with van der Waals surface area (Å²) in [6.07, 6.45) is 5.17. The minimum absolute atomic E-state index is 0.137. The zero-order valence-corrected chi connectivity index (χ0v) is 17.3. The highest BCUT2D eigenvalue weighted by molar-refractivity contribution is 5.96. The molecule has 1 atom stereocenters. The second-order valence-electron chi connectivity index (χ2n) is 7.41. The van der Waals surface area contributed by atoms with E-state index in [1.54, 1.807) is 50.5 Å². The number of anilines is 1. The first-order chi connectivity index (χ1) is 14.5. The molecular formula is C22H28N4O4. The number of likely N-dealkylation sites (N-methyl/N-ethyl adjacent to an activating group) is 1. The van der Waals surface area contributed by atoms with Crippen molar-refractivity contribution < 1.29 is 18.8 Å². The number of urea groups is 1. The molecule has 3 rings (SSSR count). The molecular weight excluding hydrogens is 384 g/mol. The molecule has 1 saturated carbocycles.